The Kier molecular flexibility index (Phi) is 5.83. The van der Waals surface area contributed by atoms with Gasteiger partial charge >= 0.3 is 0 Å². The first-order chi connectivity index (χ1) is 14.8. The van der Waals surface area contributed by atoms with E-state index in [9.17, 15) is 9.90 Å². The normalized spacial score (nSPS) is 14.3. The maximum atomic E-state index is 12.6. The van der Waals surface area contributed by atoms with E-state index in [1.807, 2.05) is 30.3 Å². The highest BCUT2D eigenvalue weighted by molar-refractivity contribution is 6.13. The van der Waals surface area contributed by atoms with Crippen LogP contribution in [0.15, 0.2) is 53.7 Å². The van der Waals surface area contributed by atoms with Crippen molar-refractivity contribution in [2.45, 2.75) is 58.1 Å². The topological polar surface area (TPSA) is 91.2 Å². The summed E-state index contributed by atoms with van der Waals surface area (Å²) in [7, 11) is 0. The van der Waals surface area contributed by atoms with Crippen LogP contribution in [0.5, 0.6) is 0 Å². The standard InChI is InChI=1S/C25H28N4O2/c1-16(17-7-5-4-6-8-17)9-21(30)11-19-10-18-14-27-24(22(18)15-26-19)23-12-20(28-29-23)13-25(2,3)31/h4-8,10,12,15-16,31H,9,11,13-14H2,1-3H3,(H,28,29)/t16-/m0/s1. The van der Waals surface area contributed by atoms with Crippen molar-refractivity contribution in [2.75, 3.05) is 0 Å². The highest BCUT2D eigenvalue weighted by Gasteiger charge is 2.23. The fourth-order valence-corrected chi connectivity index (χ4v) is 4.01. The van der Waals surface area contributed by atoms with Crippen LogP contribution in [0.2, 0.25) is 0 Å². The number of aromatic nitrogens is 3. The Morgan fingerprint density at radius 2 is 2.00 bits per heavy atom. The van der Waals surface area contributed by atoms with Crippen molar-refractivity contribution in [3.05, 3.63) is 82.4 Å². The number of Topliss-reactive ketones (excluding diaryl/α,β-unsaturated/α-hetero) is 1. The minimum absolute atomic E-state index is 0.187. The van der Waals surface area contributed by atoms with Gasteiger partial charge in [0.1, 0.15) is 11.5 Å². The van der Waals surface area contributed by atoms with Crippen molar-refractivity contribution in [2.24, 2.45) is 4.99 Å². The molecule has 2 N–H and O–H groups in total. The molecule has 0 amide bonds. The monoisotopic (exact) mass is 416 g/mol. The van der Waals surface area contributed by atoms with Crippen molar-refractivity contribution in [1.29, 1.82) is 0 Å². The number of hydrogen-bond donors (Lipinski definition) is 2. The zero-order valence-corrected chi connectivity index (χ0v) is 18.2. The Labute approximate surface area is 182 Å². The third-order valence-corrected chi connectivity index (χ3v) is 5.49. The smallest absolute Gasteiger partial charge is 0.139 e. The summed E-state index contributed by atoms with van der Waals surface area (Å²) in [4.78, 5) is 21.8. The van der Waals surface area contributed by atoms with Gasteiger partial charge in [-0.3, -0.25) is 19.9 Å². The number of aliphatic hydroxyl groups is 1. The van der Waals surface area contributed by atoms with E-state index in [4.69, 9.17) is 0 Å². The lowest BCUT2D eigenvalue weighted by Crippen LogP contribution is -2.21. The number of aliphatic imine (C=N–C) groups is 1. The maximum Gasteiger partial charge on any atom is 0.139 e. The number of hydrogen-bond acceptors (Lipinski definition) is 5. The number of carbonyl (C=O) groups is 1. The van der Waals surface area contributed by atoms with Crippen LogP contribution in [0.25, 0.3) is 0 Å². The van der Waals surface area contributed by atoms with E-state index in [0.29, 0.717) is 25.8 Å². The summed E-state index contributed by atoms with van der Waals surface area (Å²) in [6.45, 7) is 6.18. The maximum absolute atomic E-state index is 12.6. The van der Waals surface area contributed by atoms with E-state index in [0.717, 1.165) is 33.9 Å². The van der Waals surface area contributed by atoms with Gasteiger partial charge in [-0.2, -0.15) is 5.10 Å². The van der Waals surface area contributed by atoms with E-state index in [1.54, 1.807) is 20.0 Å². The van der Waals surface area contributed by atoms with Gasteiger partial charge in [0, 0.05) is 42.4 Å². The predicted molar refractivity (Wildman–Crippen MR) is 120 cm³/mol. The van der Waals surface area contributed by atoms with Crippen LogP contribution in [0.3, 0.4) is 0 Å². The molecule has 4 rings (SSSR count). The predicted octanol–water partition coefficient (Wildman–Crippen LogP) is 3.77. The summed E-state index contributed by atoms with van der Waals surface area (Å²) in [5, 5.41) is 17.4. The number of nitrogens with zero attached hydrogens (tertiary/aromatic N) is 3. The van der Waals surface area contributed by atoms with Crippen LogP contribution in [0.1, 0.15) is 66.9 Å². The van der Waals surface area contributed by atoms with Crippen LogP contribution >= 0.6 is 0 Å². The fourth-order valence-electron chi connectivity index (χ4n) is 4.01. The highest BCUT2D eigenvalue weighted by Crippen LogP contribution is 2.24. The van der Waals surface area contributed by atoms with Gasteiger partial charge in [0.05, 0.1) is 17.9 Å². The molecule has 3 heterocycles. The molecule has 2 aromatic heterocycles. The number of fused-ring (bicyclic) bond motifs is 1. The molecule has 6 nitrogen and oxygen atoms in total. The molecule has 0 saturated heterocycles. The first-order valence-electron chi connectivity index (χ1n) is 10.6. The van der Waals surface area contributed by atoms with Gasteiger partial charge in [0.25, 0.3) is 0 Å². The molecule has 1 aromatic carbocycles. The van der Waals surface area contributed by atoms with Gasteiger partial charge in [-0.1, -0.05) is 37.3 Å². The molecule has 1 aliphatic rings. The van der Waals surface area contributed by atoms with E-state index < -0.39 is 5.60 Å². The molecule has 0 fully saturated rings. The van der Waals surface area contributed by atoms with Gasteiger partial charge in [-0.25, -0.2) is 0 Å². The van der Waals surface area contributed by atoms with E-state index in [-0.39, 0.29) is 11.7 Å². The summed E-state index contributed by atoms with van der Waals surface area (Å²) < 4.78 is 0. The average Bonchev–Trinajstić information content (AvgIpc) is 3.33. The number of ketones is 1. The number of H-pyrrole nitrogens is 1. The quantitative estimate of drug-likeness (QED) is 0.585. The Balaban J connectivity index is 1.42. The number of nitrogens with one attached hydrogen (secondary N) is 1. The van der Waals surface area contributed by atoms with E-state index in [2.05, 4.69) is 39.2 Å². The molecule has 1 aliphatic heterocycles. The van der Waals surface area contributed by atoms with E-state index in [1.165, 1.54) is 5.56 Å². The number of carbonyl (C=O) groups excluding carboxylic acids is 1. The van der Waals surface area contributed by atoms with Gasteiger partial charge in [-0.05, 0) is 43.0 Å². The van der Waals surface area contributed by atoms with Gasteiger partial charge in [-0.15, -0.1) is 0 Å². The van der Waals surface area contributed by atoms with Crippen molar-refractivity contribution in [3.63, 3.8) is 0 Å². The number of benzene rings is 1. The molecule has 0 bridgehead atoms. The van der Waals surface area contributed by atoms with Crippen molar-refractivity contribution in [1.82, 2.24) is 15.2 Å². The average molecular weight is 417 g/mol. The second kappa shape index (κ2) is 8.55. The number of pyridine rings is 1. The summed E-state index contributed by atoms with van der Waals surface area (Å²) in [6, 6.07) is 14.0. The first kappa shape index (κ1) is 21.1. The lowest BCUT2D eigenvalue weighted by molar-refractivity contribution is -0.118. The minimum Gasteiger partial charge on any atom is -0.390 e. The second-order valence-corrected chi connectivity index (χ2v) is 9.00. The Bertz CT molecular complexity index is 1110. The summed E-state index contributed by atoms with van der Waals surface area (Å²) >= 11 is 0. The van der Waals surface area contributed by atoms with Crippen molar-refractivity contribution in [3.8, 4) is 0 Å². The Morgan fingerprint density at radius 1 is 1.23 bits per heavy atom. The Morgan fingerprint density at radius 3 is 2.74 bits per heavy atom. The molecule has 6 heteroatoms. The molecule has 0 spiro atoms. The lowest BCUT2D eigenvalue weighted by Gasteiger charge is -2.14. The highest BCUT2D eigenvalue weighted by atomic mass is 16.3. The summed E-state index contributed by atoms with van der Waals surface area (Å²) in [5.74, 6) is 0.377. The van der Waals surface area contributed by atoms with Gasteiger partial charge in [0.2, 0.25) is 0 Å². The zero-order chi connectivity index (χ0) is 22.0. The first-order valence-corrected chi connectivity index (χ1v) is 10.6. The van der Waals surface area contributed by atoms with Crippen LogP contribution in [0.4, 0.5) is 0 Å². The number of rotatable bonds is 8. The molecule has 1 atom stereocenters. The molecule has 3 aromatic rings. The molecule has 0 radical (unpaired) electrons. The fraction of sp³-hybridized carbons (Fsp3) is 0.360. The van der Waals surface area contributed by atoms with Crippen molar-refractivity contribution >= 4 is 11.5 Å². The largest absolute Gasteiger partial charge is 0.390 e. The third kappa shape index (κ3) is 5.14. The SMILES string of the molecule is C[C@@H](CC(=O)Cc1cc2c(cn1)C(c1cc(CC(C)(C)O)[nH]n1)=NC2)c1ccccc1. The minimum atomic E-state index is -0.805. The van der Waals surface area contributed by atoms with Crippen LogP contribution in [-0.2, 0) is 24.2 Å². The lowest BCUT2D eigenvalue weighted by atomic mass is 9.94. The molecular weight excluding hydrogens is 388 g/mol. The van der Waals surface area contributed by atoms with Crippen molar-refractivity contribution < 1.29 is 9.90 Å². The second-order valence-electron chi connectivity index (χ2n) is 9.00. The molecule has 0 unspecified atom stereocenters. The third-order valence-electron chi connectivity index (χ3n) is 5.49. The van der Waals surface area contributed by atoms with Gasteiger partial charge in [0.15, 0.2) is 0 Å². The number of aromatic amines is 1. The molecule has 0 aliphatic carbocycles. The van der Waals surface area contributed by atoms with Gasteiger partial charge < -0.3 is 5.11 Å². The van der Waals surface area contributed by atoms with Crippen LogP contribution in [0, 0.1) is 0 Å². The summed E-state index contributed by atoms with van der Waals surface area (Å²) in [6.07, 6.45) is 3.12. The van der Waals surface area contributed by atoms with E-state index >= 15 is 0 Å². The van der Waals surface area contributed by atoms with Crippen LogP contribution in [-0.4, -0.2) is 37.4 Å². The van der Waals surface area contributed by atoms with Crippen LogP contribution < -0.4 is 0 Å². The molecule has 31 heavy (non-hydrogen) atoms. The Hall–Kier alpha value is -3.12. The summed E-state index contributed by atoms with van der Waals surface area (Å²) in [5.41, 5.74) is 5.59. The molecular formula is C25H28N4O2. The molecule has 0 saturated carbocycles. The zero-order valence-electron chi connectivity index (χ0n) is 18.2. The molecule has 160 valence electrons.